The maximum atomic E-state index is 12.0. The van der Waals surface area contributed by atoms with E-state index in [2.05, 4.69) is 5.32 Å². The molecule has 6 nitrogen and oxygen atoms in total. The molecule has 0 atom stereocenters. The minimum absolute atomic E-state index is 0.000509. The van der Waals surface area contributed by atoms with Crippen LogP contribution in [0.2, 0.25) is 0 Å². The Hall–Kier alpha value is -2.34. The van der Waals surface area contributed by atoms with Crippen molar-refractivity contribution in [2.24, 2.45) is 0 Å². The van der Waals surface area contributed by atoms with Gasteiger partial charge in [-0.25, -0.2) is 0 Å². The van der Waals surface area contributed by atoms with E-state index >= 15 is 0 Å². The fourth-order valence-electron chi connectivity index (χ4n) is 1.95. The first-order valence-corrected chi connectivity index (χ1v) is 6.73. The summed E-state index contributed by atoms with van der Waals surface area (Å²) in [7, 11) is 0. The Kier molecular flexibility index (Phi) is 4.59. The summed E-state index contributed by atoms with van der Waals surface area (Å²) >= 11 is 0. The number of aliphatic hydroxyl groups is 1. The number of imide groups is 1. The van der Waals surface area contributed by atoms with E-state index in [1.807, 2.05) is 13.8 Å². The van der Waals surface area contributed by atoms with Crippen LogP contribution in [0.3, 0.4) is 0 Å². The molecule has 1 aliphatic rings. The predicted octanol–water partition coefficient (Wildman–Crippen LogP) is 1.13. The third-order valence-electron chi connectivity index (χ3n) is 2.84. The Morgan fingerprint density at radius 2 is 1.90 bits per heavy atom. The Labute approximate surface area is 123 Å². The van der Waals surface area contributed by atoms with Gasteiger partial charge in [0.15, 0.2) is 0 Å². The van der Waals surface area contributed by atoms with Crippen molar-refractivity contribution in [3.05, 3.63) is 36.0 Å². The van der Waals surface area contributed by atoms with E-state index in [1.165, 1.54) is 6.08 Å². The highest BCUT2D eigenvalue weighted by atomic mass is 16.5. The van der Waals surface area contributed by atoms with Gasteiger partial charge in [0, 0.05) is 11.8 Å². The topological polar surface area (TPSA) is 78.9 Å². The van der Waals surface area contributed by atoms with E-state index in [0.29, 0.717) is 5.69 Å². The van der Waals surface area contributed by atoms with Gasteiger partial charge < -0.3 is 15.2 Å². The van der Waals surface area contributed by atoms with Crippen LogP contribution < -0.4 is 10.1 Å². The van der Waals surface area contributed by atoms with Crippen molar-refractivity contribution >= 4 is 17.5 Å². The molecule has 0 unspecified atom stereocenters. The van der Waals surface area contributed by atoms with Crippen LogP contribution in [0.1, 0.15) is 13.8 Å². The molecule has 0 fully saturated rings. The smallest absolute Gasteiger partial charge is 0.277 e. The van der Waals surface area contributed by atoms with Crippen LogP contribution >= 0.6 is 0 Å². The number of β-amino-alcohol motifs (C(OH)–C–C–N with tert-alkyl or cyclic N) is 1. The third kappa shape index (κ3) is 3.61. The molecule has 2 rings (SSSR count). The zero-order valence-electron chi connectivity index (χ0n) is 12.0. The maximum Gasteiger partial charge on any atom is 0.277 e. The Balaban J connectivity index is 2.04. The summed E-state index contributed by atoms with van der Waals surface area (Å²) in [5.74, 6) is -0.117. The number of carbonyl (C=O) groups is 2. The number of aliphatic hydroxyl groups excluding tert-OH is 1. The van der Waals surface area contributed by atoms with Gasteiger partial charge in [-0.3, -0.25) is 14.5 Å². The highest BCUT2D eigenvalue weighted by Gasteiger charge is 2.30. The second kappa shape index (κ2) is 6.41. The SMILES string of the molecule is CC(C)Oc1ccc(NC2=CC(=O)N(CCO)C2=O)cc1. The number of rotatable bonds is 6. The largest absolute Gasteiger partial charge is 0.491 e. The molecular weight excluding hydrogens is 272 g/mol. The zero-order valence-corrected chi connectivity index (χ0v) is 12.0. The van der Waals surface area contributed by atoms with E-state index in [9.17, 15) is 9.59 Å². The second-order valence-electron chi connectivity index (χ2n) is 4.89. The number of anilines is 1. The highest BCUT2D eigenvalue weighted by Crippen LogP contribution is 2.20. The molecule has 0 saturated carbocycles. The molecule has 1 heterocycles. The minimum atomic E-state index is -0.434. The van der Waals surface area contributed by atoms with Crippen LogP contribution in [0.25, 0.3) is 0 Å². The molecule has 0 radical (unpaired) electrons. The highest BCUT2D eigenvalue weighted by molar-refractivity contribution is 6.17. The standard InChI is InChI=1S/C15H18N2O4/c1-10(2)21-12-5-3-11(4-6-12)16-13-9-14(19)17(7-8-18)15(13)20/h3-6,9-10,16,18H,7-8H2,1-2H3. The number of benzene rings is 1. The Bertz CT molecular complexity index is 564. The van der Waals surface area contributed by atoms with E-state index in [1.54, 1.807) is 24.3 Å². The van der Waals surface area contributed by atoms with Crippen LogP contribution in [0.15, 0.2) is 36.0 Å². The minimum Gasteiger partial charge on any atom is -0.491 e. The van der Waals surface area contributed by atoms with Crippen LogP contribution in [-0.4, -0.2) is 41.1 Å². The molecule has 2 N–H and O–H groups in total. The number of hydrogen-bond acceptors (Lipinski definition) is 5. The number of nitrogens with one attached hydrogen (secondary N) is 1. The summed E-state index contributed by atoms with van der Waals surface area (Å²) in [4.78, 5) is 24.6. The van der Waals surface area contributed by atoms with E-state index in [0.717, 1.165) is 10.6 Å². The van der Waals surface area contributed by atoms with Crippen LogP contribution in [-0.2, 0) is 9.59 Å². The monoisotopic (exact) mass is 290 g/mol. The van der Waals surface area contributed by atoms with Crippen molar-refractivity contribution in [1.29, 1.82) is 0 Å². The molecule has 0 spiro atoms. The van der Waals surface area contributed by atoms with E-state index in [4.69, 9.17) is 9.84 Å². The first-order valence-electron chi connectivity index (χ1n) is 6.73. The van der Waals surface area contributed by atoms with Crippen molar-refractivity contribution < 1.29 is 19.4 Å². The lowest BCUT2D eigenvalue weighted by Gasteiger charge is -2.14. The van der Waals surface area contributed by atoms with Crippen LogP contribution in [0.4, 0.5) is 5.69 Å². The summed E-state index contributed by atoms with van der Waals surface area (Å²) in [5, 5.41) is 11.7. The van der Waals surface area contributed by atoms with Crippen molar-refractivity contribution in [2.45, 2.75) is 20.0 Å². The fourth-order valence-corrected chi connectivity index (χ4v) is 1.95. The van der Waals surface area contributed by atoms with Gasteiger partial charge in [-0.15, -0.1) is 0 Å². The third-order valence-corrected chi connectivity index (χ3v) is 2.84. The fraction of sp³-hybridized carbons (Fsp3) is 0.333. The molecule has 21 heavy (non-hydrogen) atoms. The van der Waals surface area contributed by atoms with Gasteiger partial charge in [-0.2, -0.15) is 0 Å². The van der Waals surface area contributed by atoms with Crippen LogP contribution in [0.5, 0.6) is 5.75 Å². The zero-order chi connectivity index (χ0) is 15.4. The lowest BCUT2D eigenvalue weighted by Crippen LogP contribution is -2.34. The second-order valence-corrected chi connectivity index (χ2v) is 4.89. The van der Waals surface area contributed by atoms with Crippen molar-refractivity contribution in [3.8, 4) is 5.75 Å². The average molecular weight is 290 g/mol. The molecule has 1 aliphatic heterocycles. The number of ether oxygens (including phenoxy) is 1. The number of carbonyl (C=O) groups excluding carboxylic acids is 2. The predicted molar refractivity (Wildman–Crippen MR) is 77.7 cm³/mol. The van der Waals surface area contributed by atoms with Gasteiger partial charge in [0.1, 0.15) is 11.4 Å². The first kappa shape index (κ1) is 15.1. The number of amides is 2. The summed E-state index contributed by atoms with van der Waals surface area (Å²) in [5.41, 5.74) is 0.885. The van der Waals surface area contributed by atoms with Crippen molar-refractivity contribution in [1.82, 2.24) is 4.90 Å². The average Bonchev–Trinajstić information content (AvgIpc) is 2.69. The van der Waals surface area contributed by atoms with Gasteiger partial charge in [-0.1, -0.05) is 0 Å². The van der Waals surface area contributed by atoms with Crippen LogP contribution in [0, 0.1) is 0 Å². The summed E-state index contributed by atoms with van der Waals surface area (Å²) in [6.45, 7) is 3.63. The summed E-state index contributed by atoms with van der Waals surface area (Å²) in [6, 6.07) is 7.11. The first-order chi connectivity index (χ1) is 10.0. The molecule has 1 aromatic carbocycles. The van der Waals surface area contributed by atoms with Gasteiger partial charge in [0.05, 0.1) is 19.3 Å². The van der Waals surface area contributed by atoms with E-state index < -0.39 is 11.8 Å². The molecule has 6 heteroatoms. The molecule has 0 aliphatic carbocycles. The lowest BCUT2D eigenvalue weighted by molar-refractivity contribution is -0.137. The molecule has 2 amide bonds. The van der Waals surface area contributed by atoms with Crippen molar-refractivity contribution in [3.63, 3.8) is 0 Å². The normalized spacial score (nSPS) is 14.7. The molecule has 0 aromatic heterocycles. The molecular formula is C15H18N2O4. The quantitative estimate of drug-likeness (QED) is 0.768. The van der Waals surface area contributed by atoms with Gasteiger partial charge >= 0.3 is 0 Å². The summed E-state index contributed by atoms with van der Waals surface area (Å²) in [6.07, 6.45) is 1.32. The molecule has 112 valence electrons. The Morgan fingerprint density at radius 3 is 2.48 bits per heavy atom. The van der Waals surface area contributed by atoms with Gasteiger partial charge in [-0.05, 0) is 38.1 Å². The Morgan fingerprint density at radius 1 is 1.24 bits per heavy atom. The molecule has 0 saturated heterocycles. The van der Waals surface area contributed by atoms with E-state index in [-0.39, 0.29) is 25.0 Å². The number of hydrogen-bond donors (Lipinski definition) is 2. The van der Waals surface area contributed by atoms with Crippen molar-refractivity contribution in [2.75, 3.05) is 18.5 Å². The van der Waals surface area contributed by atoms with Gasteiger partial charge in [0.25, 0.3) is 11.8 Å². The molecule has 0 bridgehead atoms. The maximum absolute atomic E-state index is 12.0. The lowest BCUT2D eigenvalue weighted by atomic mass is 10.3. The number of nitrogens with zero attached hydrogens (tertiary/aromatic N) is 1. The van der Waals surface area contributed by atoms with Gasteiger partial charge in [0.2, 0.25) is 0 Å². The summed E-state index contributed by atoms with van der Waals surface area (Å²) < 4.78 is 5.53. The molecule has 1 aromatic rings.